The number of carboxylic acid groups (broad SMARTS) is 1. The van der Waals surface area contributed by atoms with E-state index in [-0.39, 0.29) is 11.3 Å². The Morgan fingerprint density at radius 2 is 2.05 bits per heavy atom. The van der Waals surface area contributed by atoms with Gasteiger partial charge < -0.3 is 9.84 Å². The second kappa shape index (κ2) is 6.75. The number of carbonyl (C=O) groups is 1. The number of methoxy groups -OCH3 is 1. The van der Waals surface area contributed by atoms with Crippen LogP contribution in [0, 0.1) is 5.82 Å². The first-order valence-electron chi connectivity index (χ1n) is 6.00. The molecule has 0 fully saturated rings. The molecule has 1 N–H and O–H groups in total. The molecular weight excluding hydrogens is 294 g/mol. The van der Waals surface area contributed by atoms with Crippen LogP contribution in [-0.2, 0) is 4.79 Å². The molecule has 118 valence electrons. The van der Waals surface area contributed by atoms with Crippen molar-refractivity contribution in [3.63, 3.8) is 0 Å². The van der Waals surface area contributed by atoms with Gasteiger partial charge in [0.2, 0.25) is 0 Å². The number of ether oxygens (including phenoxy) is 1. The summed E-state index contributed by atoms with van der Waals surface area (Å²) in [6.07, 6.45) is -4.60. The topological polar surface area (TPSA) is 49.8 Å². The van der Waals surface area contributed by atoms with Crippen LogP contribution in [0.5, 0.6) is 5.75 Å². The van der Waals surface area contributed by atoms with Gasteiger partial charge in [0.05, 0.1) is 20.2 Å². The van der Waals surface area contributed by atoms with Gasteiger partial charge in [-0.2, -0.15) is 13.2 Å². The fourth-order valence-electron chi connectivity index (χ4n) is 2.02. The van der Waals surface area contributed by atoms with Crippen LogP contribution in [0.3, 0.4) is 0 Å². The lowest BCUT2D eigenvalue weighted by atomic mass is 10.0. The molecule has 1 atom stereocenters. The first kappa shape index (κ1) is 17.2. The molecule has 0 bridgehead atoms. The Balaban J connectivity index is 3.15. The Morgan fingerprint density at radius 1 is 1.43 bits per heavy atom. The summed E-state index contributed by atoms with van der Waals surface area (Å²) in [5.74, 6) is -2.11. The molecule has 21 heavy (non-hydrogen) atoms. The molecule has 1 unspecified atom stereocenters. The minimum Gasteiger partial charge on any atom is -0.496 e. The summed E-state index contributed by atoms with van der Waals surface area (Å²) in [7, 11) is 1.26. The van der Waals surface area contributed by atoms with Gasteiger partial charge >= 0.3 is 12.1 Å². The summed E-state index contributed by atoms with van der Waals surface area (Å²) in [5, 5.41) is 8.74. The zero-order valence-corrected chi connectivity index (χ0v) is 11.4. The van der Waals surface area contributed by atoms with Gasteiger partial charge in [-0.25, -0.2) is 4.39 Å². The van der Waals surface area contributed by atoms with Crippen LogP contribution in [0.1, 0.15) is 18.5 Å². The van der Waals surface area contributed by atoms with Gasteiger partial charge in [0.1, 0.15) is 11.6 Å². The van der Waals surface area contributed by atoms with Crippen molar-refractivity contribution >= 4 is 5.97 Å². The average Bonchev–Trinajstić information content (AvgIpc) is 2.34. The molecule has 0 aliphatic carbocycles. The maximum atomic E-state index is 13.9. The second-order valence-electron chi connectivity index (χ2n) is 4.45. The van der Waals surface area contributed by atoms with Crippen molar-refractivity contribution in [2.45, 2.75) is 19.1 Å². The van der Waals surface area contributed by atoms with E-state index in [0.29, 0.717) is 4.90 Å². The molecule has 4 nitrogen and oxygen atoms in total. The van der Waals surface area contributed by atoms with Gasteiger partial charge in [0, 0.05) is 11.6 Å². The third kappa shape index (κ3) is 4.89. The zero-order chi connectivity index (χ0) is 16.2. The highest BCUT2D eigenvalue weighted by Gasteiger charge is 2.35. The Morgan fingerprint density at radius 3 is 2.52 bits per heavy atom. The fourth-order valence-corrected chi connectivity index (χ4v) is 2.02. The Labute approximate surface area is 118 Å². The number of hydrogen-bond acceptors (Lipinski definition) is 3. The van der Waals surface area contributed by atoms with Gasteiger partial charge in [0.15, 0.2) is 0 Å². The van der Waals surface area contributed by atoms with Gasteiger partial charge in [-0.1, -0.05) is 6.07 Å². The molecule has 0 amide bonds. The molecule has 0 saturated heterocycles. The van der Waals surface area contributed by atoms with Crippen molar-refractivity contribution in [1.82, 2.24) is 4.90 Å². The van der Waals surface area contributed by atoms with E-state index in [0.717, 1.165) is 6.07 Å². The number of halogens is 4. The summed E-state index contributed by atoms with van der Waals surface area (Å²) in [6, 6.07) is 2.73. The largest absolute Gasteiger partial charge is 0.496 e. The molecule has 1 aromatic rings. The van der Waals surface area contributed by atoms with Crippen LogP contribution in [-0.4, -0.2) is 42.4 Å². The first-order valence-corrected chi connectivity index (χ1v) is 6.00. The quantitative estimate of drug-likeness (QED) is 0.821. The number of aliphatic carboxylic acids is 1. The molecule has 0 saturated carbocycles. The summed E-state index contributed by atoms with van der Waals surface area (Å²) < 4.78 is 56.5. The lowest BCUT2D eigenvalue weighted by Crippen LogP contribution is -2.39. The highest BCUT2D eigenvalue weighted by atomic mass is 19.4. The number of carboxylic acids is 1. The van der Waals surface area contributed by atoms with Crippen LogP contribution < -0.4 is 4.74 Å². The van der Waals surface area contributed by atoms with E-state index < -0.39 is 37.1 Å². The lowest BCUT2D eigenvalue weighted by Gasteiger charge is -2.29. The normalized spacial score (nSPS) is 13.3. The third-order valence-corrected chi connectivity index (χ3v) is 2.92. The van der Waals surface area contributed by atoms with E-state index in [1.807, 2.05) is 0 Å². The van der Waals surface area contributed by atoms with E-state index in [1.165, 1.54) is 26.2 Å². The molecule has 1 rings (SSSR count). The lowest BCUT2D eigenvalue weighted by molar-refractivity contribution is -0.158. The predicted octanol–water partition coefficient (Wildman–Crippen LogP) is 2.84. The van der Waals surface area contributed by atoms with Crippen molar-refractivity contribution in [3.05, 3.63) is 29.6 Å². The average molecular weight is 309 g/mol. The maximum Gasteiger partial charge on any atom is 0.401 e. The molecule has 1 aromatic carbocycles. The van der Waals surface area contributed by atoms with E-state index in [4.69, 9.17) is 9.84 Å². The van der Waals surface area contributed by atoms with Crippen molar-refractivity contribution in [1.29, 1.82) is 0 Å². The zero-order valence-electron chi connectivity index (χ0n) is 11.4. The first-order chi connectivity index (χ1) is 9.65. The molecule has 0 spiro atoms. The van der Waals surface area contributed by atoms with Gasteiger partial charge in [-0.3, -0.25) is 9.69 Å². The monoisotopic (exact) mass is 309 g/mol. The number of rotatable bonds is 6. The number of nitrogens with zero attached hydrogens (tertiary/aromatic N) is 1. The Bertz CT molecular complexity index is 505. The van der Waals surface area contributed by atoms with Crippen LogP contribution in [0.4, 0.5) is 17.6 Å². The molecule has 0 aliphatic rings. The standard InChI is InChI=1S/C13H15F4NO3/c1-8(12-9(14)4-3-5-10(12)21-2)18(6-11(19)20)7-13(15,16)17/h3-5,8H,6-7H2,1-2H3,(H,19,20). The molecule has 0 heterocycles. The highest BCUT2D eigenvalue weighted by Crippen LogP contribution is 2.33. The van der Waals surface area contributed by atoms with Crippen LogP contribution >= 0.6 is 0 Å². The molecule has 0 radical (unpaired) electrons. The summed E-state index contributed by atoms with van der Waals surface area (Å²) >= 11 is 0. The van der Waals surface area contributed by atoms with Gasteiger partial charge in [-0.05, 0) is 19.1 Å². The highest BCUT2D eigenvalue weighted by molar-refractivity contribution is 5.69. The van der Waals surface area contributed by atoms with Crippen LogP contribution in [0.25, 0.3) is 0 Å². The predicted molar refractivity (Wildman–Crippen MR) is 66.6 cm³/mol. The third-order valence-electron chi connectivity index (χ3n) is 2.92. The van der Waals surface area contributed by atoms with Crippen molar-refractivity contribution in [3.8, 4) is 5.75 Å². The fraction of sp³-hybridized carbons (Fsp3) is 0.462. The van der Waals surface area contributed by atoms with Crippen LogP contribution in [0.15, 0.2) is 18.2 Å². The number of alkyl halides is 3. The Hall–Kier alpha value is -1.83. The molecule has 0 aromatic heterocycles. The molecular formula is C13H15F4NO3. The van der Waals surface area contributed by atoms with E-state index in [1.54, 1.807) is 0 Å². The SMILES string of the molecule is COc1cccc(F)c1C(C)N(CC(=O)O)CC(F)(F)F. The maximum absolute atomic E-state index is 13.9. The number of benzene rings is 1. The van der Waals surface area contributed by atoms with Crippen molar-refractivity contribution in [2.75, 3.05) is 20.2 Å². The van der Waals surface area contributed by atoms with E-state index >= 15 is 0 Å². The van der Waals surface area contributed by atoms with Crippen LogP contribution in [0.2, 0.25) is 0 Å². The minimum atomic E-state index is -4.60. The minimum absolute atomic E-state index is 0.0695. The number of hydrogen-bond donors (Lipinski definition) is 1. The summed E-state index contributed by atoms with van der Waals surface area (Å²) in [5.41, 5.74) is -0.106. The molecule has 0 aliphatic heterocycles. The van der Waals surface area contributed by atoms with E-state index in [9.17, 15) is 22.4 Å². The Kier molecular flexibility index (Phi) is 5.54. The smallest absolute Gasteiger partial charge is 0.401 e. The van der Waals surface area contributed by atoms with Crippen molar-refractivity contribution < 1.29 is 32.2 Å². The van der Waals surface area contributed by atoms with Gasteiger partial charge in [0.25, 0.3) is 0 Å². The van der Waals surface area contributed by atoms with Gasteiger partial charge in [-0.15, -0.1) is 0 Å². The summed E-state index contributed by atoms with van der Waals surface area (Å²) in [4.78, 5) is 11.4. The second-order valence-corrected chi connectivity index (χ2v) is 4.45. The molecule has 8 heteroatoms. The summed E-state index contributed by atoms with van der Waals surface area (Å²) in [6.45, 7) is -1.02. The van der Waals surface area contributed by atoms with E-state index in [2.05, 4.69) is 0 Å². The van der Waals surface area contributed by atoms with Crippen molar-refractivity contribution in [2.24, 2.45) is 0 Å².